The first-order chi connectivity index (χ1) is 5.86. The molecular formula is C9H12BrClN2. The van der Waals surface area contributed by atoms with Crippen molar-refractivity contribution in [3.05, 3.63) is 28.5 Å². The molecule has 2 nitrogen and oxygen atoms in total. The van der Waals surface area contributed by atoms with Crippen LogP contribution in [-0.2, 0) is 0 Å². The average Bonchev–Trinajstić information content (AvgIpc) is 2.58. The van der Waals surface area contributed by atoms with Gasteiger partial charge in [-0.1, -0.05) is 0 Å². The van der Waals surface area contributed by atoms with Gasteiger partial charge in [-0.05, 0) is 41.0 Å². The van der Waals surface area contributed by atoms with E-state index >= 15 is 0 Å². The molecule has 1 fully saturated rings. The van der Waals surface area contributed by atoms with Gasteiger partial charge in [-0.2, -0.15) is 0 Å². The molecule has 2 heterocycles. The normalized spacial score (nSPS) is 21.2. The minimum Gasteiger partial charge on any atom is -0.316 e. The number of rotatable bonds is 1. The van der Waals surface area contributed by atoms with Crippen LogP contribution in [0.25, 0.3) is 0 Å². The average molecular weight is 264 g/mol. The zero-order chi connectivity index (χ0) is 8.39. The Morgan fingerprint density at radius 2 is 2.31 bits per heavy atom. The molecule has 1 N–H and O–H groups in total. The Balaban J connectivity index is 0.000000845. The molecule has 0 amide bonds. The van der Waals surface area contributed by atoms with E-state index in [2.05, 4.69) is 38.4 Å². The van der Waals surface area contributed by atoms with Crippen LogP contribution in [0.15, 0.2) is 22.8 Å². The quantitative estimate of drug-likeness (QED) is 0.841. The number of nitrogens with zero attached hydrogens (tertiary/aromatic N) is 1. The lowest BCUT2D eigenvalue weighted by Gasteiger charge is -2.06. The number of pyridine rings is 1. The lowest BCUT2D eigenvalue weighted by Crippen LogP contribution is -2.08. The monoisotopic (exact) mass is 262 g/mol. The molecule has 1 aliphatic rings. The fraction of sp³-hybridized carbons (Fsp3) is 0.444. The van der Waals surface area contributed by atoms with Crippen molar-refractivity contribution in [2.45, 2.75) is 12.3 Å². The molecule has 0 spiro atoms. The highest BCUT2D eigenvalue weighted by molar-refractivity contribution is 9.10. The Morgan fingerprint density at radius 3 is 2.85 bits per heavy atom. The van der Waals surface area contributed by atoms with E-state index in [4.69, 9.17) is 0 Å². The third-order valence-electron chi connectivity index (χ3n) is 2.23. The topological polar surface area (TPSA) is 24.9 Å². The van der Waals surface area contributed by atoms with Crippen molar-refractivity contribution in [1.82, 2.24) is 10.3 Å². The van der Waals surface area contributed by atoms with Crippen LogP contribution < -0.4 is 5.32 Å². The standard InChI is InChI=1S/C9H11BrN2.ClH/c10-8-1-2-9(12-6-8)7-3-4-11-5-7;/h1-2,6-7,11H,3-5H2;1H. The summed E-state index contributed by atoms with van der Waals surface area (Å²) < 4.78 is 1.05. The van der Waals surface area contributed by atoms with Gasteiger partial charge in [0.05, 0.1) is 0 Å². The third-order valence-corrected chi connectivity index (χ3v) is 2.70. The van der Waals surface area contributed by atoms with Crippen molar-refractivity contribution in [2.75, 3.05) is 13.1 Å². The fourth-order valence-corrected chi connectivity index (χ4v) is 1.77. The summed E-state index contributed by atoms with van der Waals surface area (Å²) in [4.78, 5) is 4.37. The van der Waals surface area contributed by atoms with E-state index in [1.165, 1.54) is 12.1 Å². The first kappa shape index (κ1) is 11.0. The summed E-state index contributed by atoms with van der Waals surface area (Å²) in [6.07, 6.45) is 3.09. The van der Waals surface area contributed by atoms with Crippen molar-refractivity contribution < 1.29 is 0 Å². The molecule has 0 aromatic carbocycles. The zero-order valence-corrected chi connectivity index (χ0v) is 9.57. The maximum absolute atomic E-state index is 4.37. The Labute approximate surface area is 92.7 Å². The van der Waals surface area contributed by atoms with Crippen molar-refractivity contribution >= 4 is 28.3 Å². The van der Waals surface area contributed by atoms with Crippen LogP contribution in [0.2, 0.25) is 0 Å². The van der Waals surface area contributed by atoms with Gasteiger partial charge in [-0.25, -0.2) is 0 Å². The second kappa shape index (κ2) is 4.94. The molecule has 13 heavy (non-hydrogen) atoms. The molecule has 2 rings (SSSR count). The Kier molecular flexibility index (Phi) is 4.16. The van der Waals surface area contributed by atoms with E-state index < -0.39 is 0 Å². The van der Waals surface area contributed by atoms with Crippen LogP contribution in [0.1, 0.15) is 18.0 Å². The smallest absolute Gasteiger partial charge is 0.0448 e. The molecule has 0 aliphatic carbocycles. The van der Waals surface area contributed by atoms with Gasteiger partial charge in [0.15, 0.2) is 0 Å². The number of aromatic nitrogens is 1. The zero-order valence-electron chi connectivity index (χ0n) is 7.16. The van der Waals surface area contributed by atoms with Gasteiger partial charge < -0.3 is 5.32 Å². The number of nitrogens with one attached hydrogen (secondary N) is 1. The van der Waals surface area contributed by atoms with Gasteiger partial charge in [0.25, 0.3) is 0 Å². The highest BCUT2D eigenvalue weighted by atomic mass is 79.9. The number of halogens is 2. The molecule has 0 bridgehead atoms. The third kappa shape index (κ3) is 2.66. The molecule has 1 aromatic rings. The lowest BCUT2D eigenvalue weighted by molar-refractivity contribution is 0.734. The van der Waals surface area contributed by atoms with Crippen molar-refractivity contribution in [1.29, 1.82) is 0 Å². The SMILES string of the molecule is Brc1ccc(C2CCNC2)nc1.Cl. The molecule has 1 aliphatic heterocycles. The summed E-state index contributed by atoms with van der Waals surface area (Å²) in [5, 5.41) is 3.33. The second-order valence-corrected chi connectivity index (χ2v) is 4.01. The minimum atomic E-state index is 0. The molecule has 0 saturated carbocycles. The van der Waals surface area contributed by atoms with E-state index in [9.17, 15) is 0 Å². The van der Waals surface area contributed by atoms with Crippen molar-refractivity contribution in [2.24, 2.45) is 0 Å². The summed E-state index contributed by atoms with van der Waals surface area (Å²) in [6.45, 7) is 2.21. The largest absolute Gasteiger partial charge is 0.316 e. The van der Waals surface area contributed by atoms with Gasteiger partial charge >= 0.3 is 0 Å². The maximum atomic E-state index is 4.37. The summed E-state index contributed by atoms with van der Waals surface area (Å²) in [5.74, 6) is 0.623. The van der Waals surface area contributed by atoms with Gasteiger partial charge in [0.1, 0.15) is 0 Å². The molecule has 0 radical (unpaired) electrons. The summed E-state index contributed by atoms with van der Waals surface area (Å²) >= 11 is 3.38. The van der Waals surface area contributed by atoms with Gasteiger partial charge in [-0.15, -0.1) is 12.4 Å². The summed E-state index contributed by atoms with van der Waals surface area (Å²) in [5.41, 5.74) is 1.21. The highest BCUT2D eigenvalue weighted by Gasteiger charge is 2.16. The van der Waals surface area contributed by atoms with Crippen LogP contribution in [0, 0.1) is 0 Å². The first-order valence-electron chi connectivity index (χ1n) is 4.18. The van der Waals surface area contributed by atoms with Crippen LogP contribution in [0.3, 0.4) is 0 Å². The number of hydrogen-bond donors (Lipinski definition) is 1. The molecule has 1 saturated heterocycles. The van der Waals surface area contributed by atoms with Crippen LogP contribution in [0.4, 0.5) is 0 Å². The van der Waals surface area contributed by atoms with E-state index in [0.29, 0.717) is 5.92 Å². The van der Waals surface area contributed by atoms with Crippen LogP contribution in [-0.4, -0.2) is 18.1 Å². The molecular weight excluding hydrogens is 251 g/mol. The lowest BCUT2D eigenvalue weighted by atomic mass is 10.0. The van der Waals surface area contributed by atoms with Crippen molar-refractivity contribution in [3.8, 4) is 0 Å². The minimum absolute atomic E-state index is 0. The Bertz CT molecular complexity index is 257. The van der Waals surface area contributed by atoms with E-state index in [1.807, 2.05) is 6.20 Å². The van der Waals surface area contributed by atoms with E-state index in [-0.39, 0.29) is 12.4 Å². The molecule has 1 unspecified atom stereocenters. The van der Waals surface area contributed by atoms with Crippen LogP contribution >= 0.6 is 28.3 Å². The van der Waals surface area contributed by atoms with Crippen molar-refractivity contribution in [3.63, 3.8) is 0 Å². The summed E-state index contributed by atoms with van der Waals surface area (Å²) in [6, 6.07) is 4.16. The van der Waals surface area contributed by atoms with E-state index in [0.717, 1.165) is 17.6 Å². The Hall–Kier alpha value is -0.120. The fourth-order valence-electron chi connectivity index (χ4n) is 1.54. The predicted octanol–water partition coefficient (Wildman–Crippen LogP) is 2.34. The van der Waals surface area contributed by atoms with Gasteiger partial charge in [0.2, 0.25) is 0 Å². The maximum Gasteiger partial charge on any atom is 0.0448 e. The predicted molar refractivity (Wildman–Crippen MR) is 59.4 cm³/mol. The highest BCUT2D eigenvalue weighted by Crippen LogP contribution is 2.21. The summed E-state index contributed by atoms with van der Waals surface area (Å²) in [7, 11) is 0. The molecule has 72 valence electrons. The molecule has 1 atom stereocenters. The first-order valence-corrected chi connectivity index (χ1v) is 4.98. The Morgan fingerprint density at radius 1 is 1.46 bits per heavy atom. The second-order valence-electron chi connectivity index (χ2n) is 3.09. The van der Waals surface area contributed by atoms with E-state index in [1.54, 1.807) is 0 Å². The number of hydrogen-bond acceptors (Lipinski definition) is 2. The van der Waals surface area contributed by atoms with Gasteiger partial charge in [-0.3, -0.25) is 4.98 Å². The molecule has 1 aromatic heterocycles. The van der Waals surface area contributed by atoms with Gasteiger partial charge in [0, 0.05) is 28.8 Å². The van der Waals surface area contributed by atoms with Crippen LogP contribution in [0.5, 0.6) is 0 Å². The molecule has 4 heteroatoms.